The Labute approximate surface area is 135 Å². The van der Waals surface area contributed by atoms with Crippen molar-refractivity contribution in [3.05, 3.63) is 45.1 Å². The molecule has 0 amide bonds. The van der Waals surface area contributed by atoms with Crippen LogP contribution in [0.4, 0.5) is 11.4 Å². The van der Waals surface area contributed by atoms with Crippen molar-refractivity contribution < 1.29 is 5.11 Å². The summed E-state index contributed by atoms with van der Waals surface area (Å²) in [6.45, 7) is 0.643. The molecule has 0 saturated heterocycles. The minimum absolute atomic E-state index is 0.212. The third-order valence-electron chi connectivity index (χ3n) is 2.84. The number of pyridine rings is 1. The number of hydrogen-bond acceptors (Lipinski definition) is 4. The molecule has 0 atom stereocenters. The Morgan fingerprint density at radius 3 is 2.50 bits per heavy atom. The van der Waals surface area contributed by atoms with Gasteiger partial charge in [-0.15, -0.1) is 0 Å². The average molecular weight is 401 g/mol. The largest absolute Gasteiger partial charge is 0.506 e. The molecule has 1 heterocycles. The Kier molecular flexibility index (Phi) is 4.88. The highest BCUT2D eigenvalue weighted by atomic mass is 79.9. The Balaban J connectivity index is 2.17. The molecule has 0 aliphatic carbocycles. The second-order valence-corrected chi connectivity index (χ2v) is 6.26. The first-order chi connectivity index (χ1) is 9.49. The van der Waals surface area contributed by atoms with E-state index in [0.29, 0.717) is 15.5 Å². The number of aromatic hydroxyl groups is 1. The lowest BCUT2D eigenvalue weighted by molar-refractivity contribution is 0.468. The zero-order valence-electron chi connectivity index (χ0n) is 11.2. The standard InChI is InChI=1S/C14H15Br2N3O/c1-19(2)13-3-4-17-8-12(13)18-7-9-5-10(15)14(20)11(16)6-9/h3-6,8,18,20H,7H2,1-2H3. The van der Waals surface area contributed by atoms with Gasteiger partial charge in [0.1, 0.15) is 5.75 Å². The molecule has 2 N–H and O–H groups in total. The van der Waals surface area contributed by atoms with E-state index < -0.39 is 0 Å². The molecule has 1 aromatic carbocycles. The lowest BCUT2D eigenvalue weighted by Crippen LogP contribution is -2.12. The van der Waals surface area contributed by atoms with Crippen LogP contribution >= 0.6 is 31.9 Å². The van der Waals surface area contributed by atoms with Gasteiger partial charge in [-0.1, -0.05) is 0 Å². The molecule has 2 rings (SSSR count). The van der Waals surface area contributed by atoms with Crippen LogP contribution in [0.2, 0.25) is 0 Å². The van der Waals surface area contributed by atoms with Crippen molar-refractivity contribution in [2.24, 2.45) is 0 Å². The summed E-state index contributed by atoms with van der Waals surface area (Å²) in [5.41, 5.74) is 3.10. The third-order valence-corrected chi connectivity index (χ3v) is 4.05. The number of nitrogens with one attached hydrogen (secondary N) is 1. The molecular formula is C14H15Br2N3O. The second-order valence-electron chi connectivity index (χ2n) is 4.55. The fourth-order valence-electron chi connectivity index (χ4n) is 1.83. The van der Waals surface area contributed by atoms with E-state index in [1.54, 1.807) is 12.4 Å². The number of aromatic nitrogens is 1. The number of benzene rings is 1. The summed E-state index contributed by atoms with van der Waals surface area (Å²) in [7, 11) is 3.99. The SMILES string of the molecule is CN(C)c1ccncc1NCc1cc(Br)c(O)c(Br)c1. The maximum atomic E-state index is 9.70. The Hall–Kier alpha value is -1.27. The number of halogens is 2. The lowest BCUT2D eigenvalue weighted by atomic mass is 10.2. The van der Waals surface area contributed by atoms with Crippen LogP contribution in [0.1, 0.15) is 5.56 Å². The van der Waals surface area contributed by atoms with Crippen LogP contribution < -0.4 is 10.2 Å². The van der Waals surface area contributed by atoms with E-state index in [1.807, 2.05) is 37.2 Å². The lowest BCUT2D eigenvalue weighted by Gasteiger charge is -2.18. The van der Waals surface area contributed by atoms with E-state index >= 15 is 0 Å². The molecule has 1 aromatic heterocycles. The third kappa shape index (κ3) is 3.43. The van der Waals surface area contributed by atoms with Crippen molar-refractivity contribution in [2.75, 3.05) is 24.3 Å². The quantitative estimate of drug-likeness (QED) is 0.814. The zero-order chi connectivity index (χ0) is 14.7. The van der Waals surface area contributed by atoms with E-state index in [-0.39, 0.29) is 5.75 Å². The minimum Gasteiger partial charge on any atom is -0.506 e. The summed E-state index contributed by atoms with van der Waals surface area (Å²) in [6, 6.07) is 5.74. The van der Waals surface area contributed by atoms with Gasteiger partial charge < -0.3 is 15.3 Å². The predicted molar refractivity (Wildman–Crippen MR) is 89.4 cm³/mol. The number of phenolic OH excluding ortho intramolecular Hbond substituents is 1. The highest BCUT2D eigenvalue weighted by Crippen LogP contribution is 2.33. The number of rotatable bonds is 4. The molecule has 0 bridgehead atoms. The van der Waals surface area contributed by atoms with Crippen LogP contribution in [-0.2, 0) is 6.54 Å². The van der Waals surface area contributed by atoms with Crippen molar-refractivity contribution in [1.82, 2.24) is 4.98 Å². The van der Waals surface area contributed by atoms with Gasteiger partial charge in [0.15, 0.2) is 0 Å². The zero-order valence-corrected chi connectivity index (χ0v) is 14.4. The molecule has 0 unspecified atom stereocenters. The van der Waals surface area contributed by atoms with Crippen molar-refractivity contribution in [3.8, 4) is 5.75 Å². The first-order valence-electron chi connectivity index (χ1n) is 6.01. The monoisotopic (exact) mass is 399 g/mol. The van der Waals surface area contributed by atoms with Gasteiger partial charge in [0.2, 0.25) is 0 Å². The molecular weight excluding hydrogens is 386 g/mol. The fourth-order valence-corrected chi connectivity index (χ4v) is 3.11. The highest BCUT2D eigenvalue weighted by molar-refractivity contribution is 9.11. The Morgan fingerprint density at radius 1 is 1.25 bits per heavy atom. The van der Waals surface area contributed by atoms with Gasteiger partial charge in [-0.05, 0) is 55.6 Å². The van der Waals surface area contributed by atoms with E-state index in [1.165, 1.54) is 0 Å². The van der Waals surface area contributed by atoms with Crippen LogP contribution in [0.25, 0.3) is 0 Å². The Morgan fingerprint density at radius 2 is 1.90 bits per heavy atom. The van der Waals surface area contributed by atoms with Crippen LogP contribution in [0, 0.1) is 0 Å². The summed E-state index contributed by atoms with van der Waals surface area (Å²) in [4.78, 5) is 6.18. The molecule has 0 radical (unpaired) electrons. The van der Waals surface area contributed by atoms with E-state index in [2.05, 4.69) is 42.2 Å². The van der Waals surface area contributed by atoms with Crippen molar-refractivity contribution >= 4 is 43.2 Å². The van der Waals surface area contributed by atoms with Crippen LogP contribution in [0.15, 0.2) is 39.5 Å². The van der Waals surface area contributed by atoms with E-state index in [9.17, 15) is 5.11 Å². The number of anilines is 2. The van der Waals surface area contributed by atoms with Gasteiger partial charge in [0, 0.05) is 26.8 Å². The van der Waals surface area contributed by atoms with Gasteiger partial charge in [-0.3, -0.25) is 4.98 Å². The van der Waals surface area contributed by atoms with Gasteiger partial charge in [0.05, 0.1) is 26.5 Å². The Bertz CT molecular complexity index is 594. The maximum Gasteiger partial charge on any atom is 0.143 e. The first-order valence-corrected chi connectivity index (χ1v) is 7.59. The van der Waals surface area contributed by atoms with Gasteiger partial charge >= 0.3 is 0 Å². The summed E-state index contributed by atoms with van der Waals surface area (Å²) in [6.07, 6.45) is 3.58. The van der Waals surface area contributed by atoms with Gasteiger partial charge in [-0.2, -0.15) is 0 Å². The van der Waals surface area contributed by atoms with E-state index in [4.69, 9.17) is 0 Å². The average Bonchev–Trinajstić information content (AvgIpc) is 2.42. The summed E-state index contributed by atoms with van der Waals surface area (Å²) in [5.74, 6) is 0.212. The predicted octanol–water partition coefficient (Wildman–Crippen LogP) is 3.99. The number of nitrogens with zero attached hydrogens (tertiary/aromatic N) is 2. The summed E-state index contributed by atoms with van der Waals surface area (Å²) in [5, 5.41) is 13.1. The molecule has 4 nitrogen and oxygen atoms in total. The molecule has 0 aliphatic heterocycles. The normalized spacial score (nSPS) is 10.4. The molecule has 6 heteroatoms. The van der Waals surface area contributed by atoms with E-state index in [0.717, 1.165) is 16.9 Å². The van der Waals surface area contributed by atoms with Crippen molar-refractivity contribution in [3.63, 3.8) is 0 Å². The van der Waals surface area contributed by atoms with Gasteiger partial charge in [0.25, 0.3) is 0 Å². The topological polar surface area (TPSA) is 48.4 Å². The minimum atomic E-state index is 0.212. The molecule has 2 aromatic rings. The smallest absolute Gasteiger partial charge is 0.143 e. The highest BCUT2D eigenvalue weighted by Gasteiger charge is 2.07. The first kappa shape index (κ1) is 15.1. The summed E-state index contributed by atoms with van der Waals surface area (Å²) < 4.78 is 1.34. The second kappa shape index (κ2) is 6.45. The summed E-state index contributed by atoms with van der Waals surface area (Å²) >= 11 is 6.66. The molecule has 106 valence electrons. The molecule has 0 spiro atoms. The fraction of sp³-hybridized carbons (Fsp3) is 0.214. The maximum absolute atomic E-state index is 9.70. The van der Waals surface area contributed by atoms with Crippen LogP contribution in [-0.4, -0.2) is 24.2 Å². The molecule has 0 saturated carbocycles. The number of phenols is 1. The molecule has 0 aliphatic rings. The van der Waals surface area contributed by atoms with Crippen LogP contribution in [0.3, 0.4) is 0 Å². The van der Waals surface area contributed by atoms with Crippen molar-refractivity contribution in [1.29, 1.82) is 0 Å². The van der Waals surface area contributed by atoms with Crippen LogP contribution in [0.5, 0.6) is 5.75 Å². The molecule has 0 fully saturated rings. The van der Waals surface area contributed by atoms with Crippen molar-refractivity contribution in [2.45, 2.75) is 6.54 Å². The van der Waals surface area contributed by atoms with Gasteiger partial charge in [-0.25, -0.2) is 0 Å². The number of hydrogen-bond donors (Lipinski definition) is 2. The molecule has 20 heavy (non-hydrogen) atoms.